The van der Waals surface area contributed by atoms with Gasteiger partial charge in [0.25, 0.3) is 0 Å². The molecule has 0 amide bonds. The molecule has 0 saturated carbocycles. The molecule has 0 radical (unpaired) electrons. The Morgan fingerprint density at radius 2 is 2.22 bits per heavy atom. The maximum atomic E-state index is 11.6. The van der Waals surface area contributed by atoms with Gasteiger partial charge in [0.15, 0.2) is 5.75 Å². The third kappa shape index (κ3) is 3.56. The van der Waals surface area contributed by atoms with Gasteiger partial charge in [-0.3, -0.25) is 9.69 Å². The maximum Gasteiger partial charge on any atom is 0.223 e. The van der Waals surface area contributed by atoms with Gasteiger partial charge in [0.1, 0.15) is 6.61 Å². The van der Waals surface area contributed by atoms with Crippen molar-refractivity contribution in [1.29, 1.82) is 0 Å². The highest BCUT2D eigenvalue weighted by Gasteiger charge is 2.10. The van der Waals surface area contributed by atoms with Crippen molar-refractivity contribution in [3.8, 4) is 5.75 Å². The molecule has 1 aliphatic heterocycles. The molecule has 1 aromatic heterocycles. The highest BCUT2D eigenvalue weighted by molar-refractivity contribution is 5.19. The van der Waals surface area contributed by atoms with E-state index < -0.39 is 0 Å². The van der Waals surface area contributed by atoms with Gasteiger partial charge < -0.3 is 19.6 Å². The highest BCUT2D eigenvalue weighted by atomic mass is 16.5. The summed E-state index contributed by atoms with van der Waals surface area (Å²) in [6, 6.07) is 1.35. The van der Waals surface area contributed by atoms with Crippen LogP contribution in [0.5, 0.6) is 5.75 Å². The van der Waals surface area contributed by atoms with Gasteiger partial charge >= 0.3 is 0 Å². The van der Waals surface area contributed by atoms with E-state index in [1.54, 1.807) is 0 Å². The molecule has 100 valence electrons. The van der Waals surface area contributed by atoms with Gasteiger partial charge in [-0.15, -0.1) is 0 Å². The summed E-state index contributed by atoms with van der Waals surface area (Å²) in [6.45, 7) is 4.40. The summed E-state index contributed by atoms with van der Waals surface area (Å²) < 4.78 is 10.7. The van der Waals surface area contributed by atoms with Crippen LogP contribution in [0.2, 0.25) is 0 Å². The van der Waals surface area contributed by atoms with Crippen molar-refractivity contribution in [2.24, 2.45) is 0 Å². The number of aromatic nitrogens is 1. The summed E-state index contributed by atoms with van der Waals surface area (Å²) in [5.74, 6) is 0.292. The van der Waals surface area contributed by atoms with Crippen LogP contribution in [0.3, 0.4) is 0 Å². The molecule has 0 unspecified atom stereocenters. The van der Waals surface area contributed by atoms with Gasteiger partial charge in [0.05, 0.1) is 19.8 Å². The molecule has 0 bridgehead atoms. The SMILES string of the molecule is O=c1cc(CO)[nH]cc1OCCN1CCOCC1. The number of nitrogens with one attached hydrogen (secondary N) is 1. The summed E-state index contributed by atoms with van der Waals surface area (Å²) >= 11 is 0. The van der Waals surface area contributed by atoms with Crippen molar-refractivity contribution >= 4 is 0 Å². The largest absolute Gasteiger partial charge is 0.487 e. The van der Waals surface area contributed by atoms with Gasteiger partial charge in [-0.1, -0.05) is 0 Å². The number of aliphatic hydroxyl groups excluding tert-OH is 1. The first-order valence-electron chi connectivity index (χ1n) is 6.05. The Balaban J connectivity index is 1.80. The number of aromatic amines is 1. The third-order valence-corrected chi connectivity index (χ3v) is 2.88. The molecule has 2 heterocycles. The highest BCUT2D eigenvalue weighted by Crippen LogP contribution is 2.03. The lowest BCUT2D eigenvalue weighted by molar-refractivity contribution is 0.0322. The average molecular weight is 254 g/mol. The molecule has 6 heteroatoms. The Morgan fingerprint density at radius 3 is 2.89 bits per heavy atom. The molecule has 0 atom stereocenters. The number of pyridine rings is 1. The first-order chi connectivity index (χ1) is 8.79. The zero-order chi connectivity index (χ0) is 12.8. The number of morpholine rings is 1. The van der Waals surface area contributed by atoms with Crippen molar-refractivity contribution < 1.29 is 14.6 Å². The molecule has 1 aromatic rings. The minimum absolute atomic E-state index is 0.177. The molecule has 0 aliphatic carbocycles. The standard InChI is InChI=1S/C12H18N2O4/c15-9-10-7-11(16)12(8-13-10)18-6-3-14-1-4-17-5-2-14/h7-8,15H,1-6,9H2,(H,13,16). The number of H-pyrrole nitrogens is 1. The van der Waals surface area contributed by atoms with Crippen LogP contribution in [0.25, 0.3) is 0 Å². The molecule has 6 nitrogen and oxygen atoms in total. The van der Waals surface area contributed by atoms with E-state index in [2.05, 4.69) is 9.88 Å². The van der Waals surface area contributed by atoms with Gasteiger partial charge in [-0.05, 0) is 0 Å². The lowest BCUT2D eigenvalue weighted by atomic mass is 10.3. The Kier molecular flexibility index (Phi) is 4.74. The van der Waals surface area contributed by atoms with Crippen molar-refractivity contribution in [3.63, 3.8) is 0 Å². The van der Waals surface area contributed by atoms with Crippen molar-refractivity contribution in [2.45, 2.75) is 6.61 Å². The van der Waals surface area contributed by atoms with Crippen LogP contribution in [0.15, 0.2) is 17.1 Å². The predicted octanol–water partition coefficient (Wildman–Crippen LogP) is -0.422. The lowest BCUT2D eigenvalue weighted by Gasteiger charge is -2.26. The van der Waals surface area contributed by atoms with E-state index in [-0.39, 0.29) is 12.0 Å². The predicted molar refractivity (Wildman–Crippen MR) is 65.7 cm³/mol. The van der Waals surface area contributed by atoms with Crippen molar-refractivity contribution in [2.75, 3.05) is 39.5 Å². The zero-order valence-electron chi connectivity index (χ0n) is 10.2. The van der Waals surface area contributed by atoms with Crippen LogP contribution in [-0.2, 0) is 11.3 Å². The number of hydrogen-bond acceptors (Lipinski definition) is 5. The Bertz CT molecular complexity index is 426. The summed E-state index contributed by atoms with van der Waals surface area (Å²) in [6.07, 6.45) is 1.49. The van der Waals surface area contributed by atoms with E-state index >= 15 is 0 Å². The average Bonchev–Trinajstić information content (AvgIpc) is 2.42. The summed E-state index contributed by atoms with van der Waals surface area (Å²) in [7, 11) is 0. The molecule has 1 saturated heterocycles. The first-order valence-corrected chi connectivity index (χ1v) is 6.05. The normalized spacial score (nSPS) is 16.7. The second-order valence-electron chi connectivity index (χ2n) is 4.15. The number of nitrogens with zero attached hydrogens (tertiary/aromatic N) is 1. The molecule has 2 rings (SSSR count). The molecule has 1 fully saturated rings. The quantitative estimate of drug-likeness (QED) is 0.746. The molecule has 0 aromatic carbocycles. The van der Waals surface area contributed by atoms with Crippen molar-refractivity contribution in [1.82, 2.24) is 9.88 Å². The van der Waals surface area contributed by atoms with Crippen LogP contribution < -0.4 is 10.2 Å². The van der Waals surface area contributed by atoms with Crippen LogP contribution in [0, 0.1) is 0 Å². The van der Waals surface area contributed by atoms with Gasteiger partial charge in [0, 0.05) is 37.6 Å². The smallest absolute Gasteiger partial charge is 0.223 e. The first kappa shape index (κ1) is 13.1. The summed E-state index contributed by atoms with van der Waals surface area (Å²) in [5.41, 5.74) is 0.278. The Labute approximate surface area is 105 Å². The Hall–Kier alpha value is -1.37. The van der Waals surface area contributed by atoms with Crippen molar-refractivity contribution in [3.05, 3.63) is 28.2 Å². The fourth-order valence-electron chi connectivity index (χ4n) is 1.81. The van der Waals surface area contributed by atoms with Crippen LogP contribution in [-0.4, -0.2) is 54.4 Å². The number of rotatable bonds is 5. The number of hydrogen-bond donors (Lipinski definition) is 2. The third-order valence-electron chi connectivity index (χ3n) is 2.88. The zero-order valence-corrected chi connectivity index (χ0v) is 10.2. The van der Waals surface area contributed by atoms with E-state index in [0.29, 0.717) is 18.1 Å². The van der Waals surface area contributed by atoms with Gasteiger partial charge in [-0.2, -0.15) is 0 Å². The lowest BCUT2D eigenvalue weighted by Crippen LogP contribution is -2.38. The fraction of sp³-hybridized carbons (Fsp3) is 0.583. The topological polar surface area (TPSA) is 74.8 Å². The fourth-order valence-corrected chi connectivity index (χ4v) is 1.81. The van der Waals surface area contributed by atoms with E-state index in [1.165, 1.54) is 12.3 Å². The van der Waals surface area contributed by atoms with E-state index in [0.717, 1.165) is 32.8 Å². The maximum absolute atomic E-state index is 11.6. The van der Waals surface area contributed by atoms with Crippen LogP contribution in [0.1, 0.15) is 5.69 Å². The van der Waals surface area contributed by atoms with E-state index in [4.69, 9.17) is 14.6 Å². The second-order valence-corrected chi connectivity index (χ2v) is 4.15. The molecule has 2 N–H and O–H groups in total. The minimum atomic E-state index is -0.209. The van der Waals surface area contributed by atoms with E-state index in [9.17, 15) is 4.79 Å². The molecular formula is C12H18N2O4. The molecule has 0 spiro atoms. The number of ether oxygens (including phenoxy) is 2. The van der Waals surface area contributed by atoms with Crippen LogP contribution >= 0.6 is 0 Å². The van der Waals surface area contributed by atoms with Crippen LogP contribution in [0.4, 0.5) is 0 Å². The van der Waals surface area contributed by atoms with Gasteiger partial charge in [0.2, 0.25) is 5.43 Å². The molecular weight excluding hydrogens is 236 g/mol. The summed E-state index contributed by atoms with van der Waals surface area (Å²) in [4.78, 5) is 16.6. The van der Waals surface area contributed by atoms with E-state index in [1.807, 2.05) is 0 Å². The van der Waals surface area contributed by atoms with Gasteiger partial charge in [-0.25, -0.2) is 0 Å². The molecule has 1 aliphatic rings. The monoisotopic (exact) mass is 254 g/mol. The molecule has 18 heavy (non-hydrogen) atoms. The second kappa shape index (κ2) is 6.53. The number of aliphatic hydroxyl groups is 1. The summed E-state index contributed by atoms with van der Waals surface area (Å²) in [5, 5.41) is 8.87. The Morgan fingerprint density at radius 1 is 1.44 bits per heavy atom. The minimum Gasteiger partial charge on any atom is -0.487 e.